The highest BCUT2D eigenvalue weighted by molar-refractivity contribution is 5.84. The van der Waals surface area contributed by atoms with E-state index in [0.29, 0.717) is 24.3 Å². The van der Waals surface area contributed by atoms with E-state index in [2.05, 4.69) is 20.6 Å². The zero-order chi connectivity index (χ0) is 18.8. The number of hydrogen-bond acceptors (Lipinski definition) is 6. The van der Waals surface area contributed by atoms with Gasteiger partial charge in [0.25, 0.3) is 10.9 Å². The summed E-state index contributed by atoms with van der Waals surface area (Å²) in [5, 5.41) is 6.10. The zero-order valence-electron chi connectivity index (χ0n) is 14.7. The minimum absolute atomic E-state index is 0.287. The van der Waals surface area contributed by atoms with Gasteiger partial charge in [-0.25, -0.2) is 4.98 Å². The number of anilines is 3. The van der Waals surface area contributed by atoms with Crippen molar-refractivity contribution in [3.63, 3.8) is 0 Å². The molecule has 7 nitrogen and oxygen atoms in total. The number of methoxy groups -OCH3 is 1. The van der Waals surface area contributed by atoms with E-state index >= 15 is 0 Å². The van der Waals surface area contributed by atoms with Gasteiger partial charge in [0.15, 0.2) is 0 Å². The van der Waals surface area contributed by atoms with Crippen LogP contribution in [0.4, 0.5) is 17.1 Å². The molecule has 7 heteroatoms. The maximum atomic E-state index is 12.0. The van der Waals surface area contributed by atoms with Gasteiger partial charge in [0, 0.05) is 12.2 Å². The van der Waals surface area contributed by atoms with Crippen molar-refractivity contribution in [2.45, 2.75) is 6.42 Å². The topological polar surface area (TPSA) is 96.1 Å². The second-order valence-corrected chi connectivity index (χ2v) is 6.16. The standard InChI is InChI=1S/C20H18N4O3/c1-27-16-5-3-2-4-12(16)8-9-21-17-18(20(26)19(17)25)24-13-6-7-14-15(10-13)23-11-22-14/h2-7,10-11,21,24H,8-9H2,1H3,(H,22,23). The maximum Gasteiger partial charge on any atom is 0.253 e. The first-order valence-corrected chi connectivity index (χ1v) is 8.56. The summed E-state index contributed by atoms with van der Waals surface area (Å²) in [6.07, 6.45) is 2.28. The van der Waals surface area contributed by atoms with E-state index in [1.165, 1.54) is 0 Å². The normalized spacial score (nSPS) is 11.0. The molecule has 3 N–H and O–H groups in total. The number of imidazole rings is 1. The Hall–Kier alpha value is -3.61. The summed E-state index contributed by atoms with van der Waals surface area (Å²) in [4.78, 5) is 31.1. The lowest BCUT2D eigenvalue weighted by Crippen LogP contribution is -2.37. The van der Waals surface area contributed by atoms with Gasteiger partial charge in [-0.15, -0.1) is 0 Å². The molecule has 0 radical (unpaired) electrons. The van der Waals surface area contributed by atoms with Crippen LogP contribution in [0.2, 0.25) is 0 Å². The van der Waals surface area contributed by atoms with Crippen LogP contribution in [0, 0.1) is 0 Å². The predicted octanol–water partition coefficient (Wildman–Crippen LogP) is 2.57. The second kappa shape index (κ2) is 6.95. The van der Waals surface area contributed by atoms with Crippen molar-refractivity contribution < 1.29 is 4.74 Å². The SMILES string of the molecule is COc1ccccc1CCNc1c(Nc2ccc3[nH]cnc3c2)c(=O)c1=O. The fraction of sp³-hybridized carbons (Fsp3) is 0.150. The van der Waals surface area contributed by atoms with Gasteiger partial charge >= 0.3 is 0 Å². The molecule has 136 valence electrons. The molecule has 4 aromatic rings. The lowest BCUT2D eigenvalue weighted by molar-refractivity contribution is 0.410. The molecule has 0 aliphatic carbocycles. The zero-order valence-corrected chi connectivity index (χ0v) is 14.7. The van der Waals surface area contributed by atoms with E-state index in [1.54, 1.807) is 13.4 Å². The van der Waals surface area contributed by atoms with Crippen molar-refractivity contribution in [3.05, 3.63) is 74.8 Å². The van der Waals surface area contributed by atoms with Crippen molar-refractivity contribution in [2.24, 2.45) is 0 Å². The fourth-order valence-corrected chi connectivity index (χ4v) is 3.07. The van der Waals surface area contributed by atoms with Crippen LogP contribution in [0.3, 0.4) is 0 Å². The largest absolute Gasteiger partial charge is 0.496 e. The predicted molar refractivity (Wildman–Crippen MR) is 106 cm³/mol. The molecular weight excluding hydrogens is 344 g/mol. The van der Waals surface area contributed by atoms with Crippen LogP contribution in [0.1, 0.15) is 5.56 Å². The Bertz CT molecular complexity index is 1170. The molecule has 0 aliphatic heterocycles. The average molecular weight is 362 g/mol. The molecule has 1 aromatic heterocycles. The number of nitrogens with zero attached hydrogens (tertiary/aromatic N) is 1. The average Bonchev–Trinajstić information content (AvgIpc) is 3.17. The third-order valence-corrected chi connectivity index (χ3v) is 4.49. The fourth-order valence-electron chi connectivity index (χ4n) is 3.07. The van der Waals surface area contributed by atoms with Crippen LogP contribution >= 0.6 is 0 Å². The Morgan fingerprint density at radius 3 is 2.74 bits per heavy atom. The summed E-state index contributed by atoms with van der Waals surface area (Å²) in [5.41, 5.74) is 3.01. The lowest BCUT2D eigenvalue weighted by atomic mass is 10.1. The molecule has 0 spiro atoms. The highest BCUT2D eigenvalue weighted by Gasteiger charge is 2.21. The summed E-state index contributed by atoms with van der Waals surface area (Å²) in [7, 11) is 1.63. The van der Waals surface area contributed by atoms with E-state index < -0.39 is 10.9 Å². The monoisotopic (exact) mass is 362 g/mol. The molecule has 4 rings (SSSR count). The summed E-state index contributed by atoms with van der Waals surface area (Å²) in [5.74, 6) is 0.801. The van der Waals surface area contributed by atoms with E-state index in [9.17, 15) is 9.59 Å². The van der Waals surface area contributed by atoms with Crippen LogP contribution in [-0.2, 0) is 6.42 Å². The summed E-state index contributed by atoms with van der Waals surface area (Å²) in [6, 6.07) is 13.2. The number of H-pyrrole nitrogens is 1. The van der Waals surface area contributed by atoms with Crippen LogP contribution < -0.4 is 26.2 Å². The minimum atomic E-state index is -0.517. The Labute approximate surface area is 154 Å². The number of fused-ring (bicyclic) bond motifs is 1. The van der Waals surface area contributed by atoms with Gasteiger partial charge in [-0.1, -0.05) is 18.2 Å². The van der Waals surface area contributed by atoms with Gasteiger partial charge in [0.05, 0.1) is 24.5 Å². The van der Waals surface area contributed by atoms with Crippen LogP contribution in [0.15, 0.2) is 58.4 Å². The van der Waals surface area contributed by atoms with Gasteiger partial charge < -0.3 is 20.4 Å². The number of aromatic amines is 1. The first-order valence-electron chi connectivity index (χ1n) is 8.56. The number of hydrogen-bond donors (Lipinski definition) is 3. The molecule has 0 atom stereocenters. The smallest absolute Gasteiger partial charge is 0.253 e. The van der Waals surface area contributed by atoms with Gasteiger partial charge in [-0.3, -0.25) is 9.59 Å². The van der Waals surface area contributed by atoms with E-state index in [0.717, 1.165) is 22.3 Å². The van der Waals surface area contributed by atoms with E-state index in [-0.39, 0.29) is 5.69 Å². The molecule has 27 heavy (non-hydrogen) atoms. The van der Waals surface area contributed by atoms with Gasteiger partial charge in [-0.05, 0) is 36.2 Å². The molecule has 1 heterocycles. The highest BCUT2D eigenvalue weighted by atomic mass is 16.5. The second-order valence-electron chi connectivity index (χ2n) is 6.16. The number of benzene rings is 2. The Kier molecular flexibility index (Phi) is 4.33. The lowest BCUT2D eigenvalue weighted by Gasteiger charge is -2.15. The van der Waals surface area contributed by atoms with Crippen LogP contribution in [0.5, 0.6) is 5.75 Å². The number of aromatic nitrogens is 2. The van der Waals surface area contributed by atoms with E-state index in [4.69, 9.17) is 4.74 Å². The summed E-state index contributed by atoms with van der Waals surface area (Å²) in [6.45, 7) is 0.512. The highest BCUT2D eigenvalue weighted by Crippen LogP contribution is 2.23. The third kappa shape index (κ3) is 3.15. The van der Waals surface area contributed by atoms with Crippen molar-refractivity contribution >= 4 is 28.1 Å². The number of ether oxygens (including phenoxy) is 1. The minimum Gasteiger partial charge on any atom is -0.496 e. The van der Waals surface area contributed by atoms with Crippen molar-refractivity contribution in [3.8, 4) is 5.75 Å². The molecule has 3 aromatic carbocycles. The van der Waals surface area contributed by atoms with Gasteiger partial charge in [0.1, 0.15) is 17.1 Å². The summed E-state index contributed by atoms with van der Waals surface area (Å²) >= 11 is 0. The van der Waals surface area contributed by atoms with Crippen LogP contribution in [-0.4, -0.2) is 23.6 Å². The molecule has 0 saturated carbocycles. The summed E-state index contributed by atoms with van der Waals surface area (Å²) < 4.78 is 5.33. The Balaban J connectivity index is 1.47. The first-order chi connectivity index (χ1) is 13.2. The third-order valence-electron chi connectivity index (χ3n) is 4.49. The van der Waals surface area contributed by atoms with Gasteiger partial charge in [-0.2, -0.15) is 0 Å². The van der Waals surface area contributed by atoms with E-state index in [1.807, 2.05) is 42.5 Å². The molecule has 0 fully saturated rings. The van der Waals surface area contributed by atoms with Crippen LogP contribution in [0.25, 0.3) is 11.0 Å². The first kappa shape index (κ1) is 16.8. The number of rotatable bonds is 7. The molecule has 0 amide bonds. The Morgan fingerprint density at radius 2 is 1.89 bits per heavy atom. The Morgan fingerprint density at radius 1 is 1.07 bits per heavy atom. The van der Waals surface area contributed by atoms with Crippen molar-refractivity contribution in [2.75, 3.05) is 24.3 Å². The number of nitrogens with one attached hydrogen (secondary N) is 3. The van der Waals surface area contributed by atoms with Crippen molar-refractivity contribution in [1.82, 2.24) is 9.97 Å². The molecule has 0 saturated heterocycles. The molecular formula is C20H18N4O3. The molecule has 0 bridgehead atoms. The molecule has 0 unspecified atom stereocenters. The number of para-hydroxylation sites is 1. The van der Waals surface area contributed by atoms with Crippen molar-refractivity contribution in [1.29, 1.82) is 0 Å². The molecule has 0 aliphatic rings. The quantitative estimate of drug-likeness (QED) is 0.437. The maximum absolute atomic E-state index is 12.0. The van der Waals surface area contributed by atoms with Gasteiger partial charge in [0.2, 0.25) is 0 Å².